The minimum Gasteiger partial charge on any atom is -0.341 e. The molecule has 1 atom stereocenters. The van der Waals surface area contributed by atoms with Gasteiger partial charge in [0.15, 0.2) is 0 Å². The zero-order chi connectivity index (χ0) is 17.2. The quantitative estimate of drug-likeness (QED) is 0.907. The van der Waals surface area contributed by atoms with Crippen LogP contribution >= 0.6 is 0 Å². The Morgan fingerprint density at radius 2 is 1.74 bits per heavy atom. The number of benzene rings is 1. The van der Waals surface area contributed by atoms with Crippen molar-refractivity contribution >= 4 is 17.5 Å². The molecule has 1 N–H and O–H groups in total. The topological polar surface area (TPSA) is 49.4 Å². The maximum absolute atomic E-state index is 12.6. The number of anilines is 1. The zero-order valence-corrected chi connectivity index (χ0v) is 14.9. The van der Waals surface area contributed by atoms with Gasteiger partial charge in [-0.3, -0.25) is 9.59 Å². The highest BCUT2D eigenvalue weighted by atomic mass is 16.2. The second kappa shape index (κ2) is 6.73. The van der Waals surface area contributed by atoms with Gasteiger partial charge in [-0.25, -0.2) is 0 Å². The van der Waals surface area contributed by atoms with Gasteiger partial charge >= 0.3 is 0 Å². The first kappa shape index (κ1) is 17.5. The minimum absolute atomic E-state index is 0.0152. The van der Waals surface area contributed by atoms with E-state index in [-0.39, 0.29) is 17.7 Å². The van der Waals surface area contributed by atoms with E-state index in [9.17, 15) is 9.59 Å². The van der Waals surface area contributed by atoms with Gasteiger partial charge in [0, 0.05) is 24.2 Å². The Labute approximate surface area is 139 Å². The van der Waals surface area contributed by atoms with E-state index in [2.05, 4.69) is 11.4 Å². The normalized spacial score (nSPS) is 18.7. The third-order valence-electron chi connectivity index (χ3n) is 4.21. The first-order chi connectivity index (χ1) is 10.7. The Hall–Kier alpha value is -1.84. The molecule has 1 heterocycles. The summed E-state index contributed by atoms with van der Waals surface area (Å²) >= 11 is 0. The predicted octanol–water partition coefficient (Wildman–Crippen LogP) is 3.53. The molecule has 0 bridgehead atoms. The van der Waals surface area contributed by atoms with Gasteiger partial charge in [0.25, 0.3) is 0 Å². The number of likely N-dealkylation sites (tertiary alicyclic amines) is 1. The molecule has 4 heteroatoms. The van der Waals surface area contributed by atoms with Crippen LogP contribution in [-0.4, -0.2) is 29.8 Å². The maximum Gasteiger partial charge on any atom is 0.229 e. The first-order valence-electron chi connectivity index (χ1n) is 8.35. The van der Waals surface area contributed by atoms with Crippen molar-refractivity contribution in [2.75, 3.05) is 18.4 Å². The third kappa shape index (κ3) is 4.57. The number of piperidine rings is 1. The van der Waals surface area contributed by atoms with Crippen LogP contribution in [0.1, 0.15) is 44.7 Å². The maximum atomic E-state index is 12.6. The van der Waals surface area contributed by atoms with Crippen LogP contribution in [0.25, 0.3) is 0 Å². The van der Waals surface area contributed by atoms with Gasteiger partial charge < -0.3 is 10.2 Å². The lowest BCUT2D eigenvalue weighted by atomic mass is 9.91. The van der Waals surface area contributed by atoms with E-state index < -0.39 is 5.41 Å². The lowest BCUT2D eigenvalue weighted by molar-refractivity contribution is -0.142. The number of amides is 2. The molecule has 1 aromatic rings. The summed E-state index contributed by atoms with van der Waals surface area (Å²) in [5.41, 5.74) is 2.71. The Kier molecular flexibility index (Phi) is 5.12. The Morgan fingerprint density at radius 1 is 1.13 bits per heavy atom. The second-order valence-electron chi connectivity index (χ2n) is 7.71. The minimum atomic E-state index is -0.397. The summed E-state index contributed by atoms with van der Waals surface area (Å²) in [4.78, 5) is 26.8. The van der Waals surface area contributed by atoms with Gasteiger partial charge in [0.2, 0.25) is 11.8 Å². The van der Waals surface area contributed by atoms with E-state index in [0.717, 1.165) is 36.2 Å². The number of aryl methyl sites for hydroxylation is 2. The highest BCUT2D eigenvalue weighted by Gasteiger charge is 2.33. The molecule has 1 unspecified atom stereocenters. The summed E-state index contributed by atoms with van der Waals surface area (Å²) in [6, 6.07) is 6.04. The van der Waals surface area contributed by atoms with Crippen molar-refractivity contribution < 1.29 is 9.59 Å². The molecule has 2 rings (SSSR count). The number of rotatable bonds is 2. The molecule has 0 aliphatic carbocycles. The summed E-state index contributed by atoms with van der Waals surface area (Å²) in [5, 5.41) is 3.01. The molecule has 23 heavy (non-hydrogen) atoms. The number of nitrogens with one attached hydrogen (secondary N) is 1. The van der Waals surface area contributed by atoms with Crippen LogP contribution in [0, 0.1) is 25.2 Å². The van der Waals surface area contributed by atoms with Gasteiger partial charge in [-0.15, -0.1) is 0 Å². The van der Waals surface area contributed by atoms with Gasteiger partial charge in [-0.2, -0.15) is 0 Å². The number of hydrogen-bond donors (Lipinski definition) is 1. The summed E-state index contributed by atoms with van der Waals surface area (Å²) < 4.78 is 0. The number of carbonyl (C=O) groups excluding carboxylic acids is 2. The zero-order valence-electron chi connectivity index (χ0n) is 14.9. The molecule has 126 valence electrons. The highest BCUT2D eigenvalue weighted by molar-refractivity contribution is 5.93. The van der Waals surface area contributed by atoms with Crippen LogP contribution in [0.4, 0.5) is 5.69 Å². The van der Waals surface area contributed by atoms with Crippen LogP contribution in [-0.2, 0) is 9.59 Å². The van der Waals surface area contributed by atoms with Gasteiger partial charge in [0.05, 0.1) is 5.92 Å². The fraction of sp³-hybridized carbons (Fsp3) is 0.579. The molecule has 1 aliphatic rings. The van der Waals surface area contributed by atoms with Gasteiger partial charge in [-0.05, 0) is 49.9 Å². The molecule has 1 saturated heterocycles. The number of hydrogen-bond acceptors (Lipinski definition) is 2. The monoisotopic (exact) mass is 316 g/mol. The Morgan fingerprint density at radius 3 is 2.30 bits per heavy atom. The molecule has 0 radical (unpaired) electrons. The molecule has 1 aromatic carbocycles. The Bertz CT molecular complexity index is 582. The van der Waals surface area contributed by atoms with Crippen molar-refractivity contribution in [1.82, 2.24) is 4.90 Å². The number of carbonyl (C=O) groups is 2. The predicted molar refractivity (Wildman–Crippen MR) is 93.3 cm³/mol. The van der Waals surface area contributed by atoms with Crippen molar-refractivity contribution in [2.45, 2.75) is 47.5 Å². The van der Waals surface area contributed by atoms with Crippen molar-refractivity contribution in [3.8, 4) is 0 Å². The fourth-order valence-corrected chi connectivity index (χ4v) is 3.14. The lowest BCUT2D eigenvalue weighted by Crippen LogP contribution is -2.47. The smallest absolute Gasteiger partial charge is 0.229 e. The molecular formula is C19H28N2O2. The summed E-state index contributed by atoms with van der Waals surface area (Å²) in [5.74, 6) is 0.0127. The molecule has 1 fully saturated rings. The van der Waals surface area contributed by atoms with E-state index >= 15 is 0 Å². The van der Waals surface area contributed by atoms with Crippen molar-refractivity contribution in [2.24, 2.45) is 11.3 Å². The summed E-state index contributed by atoms with van der Waals surface area (Å²) in [6.07, 6.45) is 1.72. The standard InChI is InChI=1S/C19H28N2O2/c1-13-9-14(2)11-16(10-13)20-17(22)15-7-6-8-21(12-15)18(23)19(3,4)5/h9-11,15H,6-8,12H2,1-5H3,(H,20,22). The van der Waals surface area contributed by atoms with Crippen LogP contribution in [0.5, 0.6) is 0 Å². The van der Waals surface area contributed by atoms with Crippen LogP contribution in [0.15, 0.2) is 18.2 Å². The molecule has 0 saturated carbocycles. The van der Waals surface area contributed by atoms with Gasteiger partial charge in [0.1, 0.15) is 0 Å². The molecule has 4 nitrogen and oxygen atoms in total. The third-order valence-corrected chi connectivity index (χ3v) is 4.21. The Balaban J connectivity index is 2.03. The average Bonchev–Trinajstić information content (AvgIpc) is 2.44. The van der Waals surface area contributed by atoms with E-state index in [4.69, 9.17) is 0 Å². The second-order valence-corrected chi connectivity index (χ2v) is 7.71. The molecular weight excluding hydrogens is 288 g/mol. The van der Waals surface area contributed by atoms with Crippen LogP contribution in [0.3, 0.4) is 0 Å². The summed E-state index contributed by atoms with van der Waals surface area (Å²) in [6.45, 7) is 11.1. The van der Waals surface area contributed by atoms with Gasteiger partial charge in [-0.1, -0.05) is 26.8 Å². The molecule has 1 aliphatic heterocycles. The van der Waals surface area contributed by atoms with Crippen LogP contribution < -0.4 is 5.32 Å². The average molecular weight is 316 g/mol. The van der Waals surface area contributed by atoms with Crippen molar-refractivity contribution in [1.29, 1.82) is 0 Å². The van der Waals surface area contributed by atoms with E-state index in [1.807, 2.05) is 51.7 Å². The molecule has 0 spiro atoms. The fourth-order valence-electron chi connectivity index (χ4n) is 3.14. The molecule has 2 amide bonds. The first-order valence-corrected chi connectivity index (χ1v) is 8.35. The molecule has 0 aromatic heterocycles. The van der Waals surface area contributed by atoms with E-state index in [0.29, 0.717) is 6.54 Å². The van der Waals surface area contributed by atoms with E-state index in [1.54, 1.807) is 0 Å². The van der Waals surface area contributed by atoms with Crippen LogP contribution in [0.2, 0.25) is 0 Å². The van der Waals surface area contributed by atoms with Crippen molar-refractivity contribution in [3.63, 3.8) is 0 Å². The lowest BCUT2D eigenvalue weighted by Gasteiger charge is -2.35. The van der Waals surface area contributed by atoms with E-state index in [1.165, 1.54) is 0 Å². The SMILES string of the molecule is Cc1cc(C)cc(NC(=O)C2CCCN(C(=O)C(C)(C)C)C2)c1. The highest BCUT2D eigenvalue weighted by Crippen LogP contribution is 2.24. The number of nitrogens with zero attached hydrogens (tertiary/aromatic N) is 1. The van der Waals surface area contributed by atoms with Crippen molar-refractivity contribution in [3.05, 3.63) is 29.3 Å². The largest absolute Gasteiger partial charge is 0.341 e. The summed E-state index contributed by atoms with van der Waals surface area (Å²) in [7, 11) is 0.